The third-order valence-electron chi connectivity index (χ3n) is 3.36. The summed E-state index contributed by atoms with van der Waals surface area (Å²) in [5.74, 6) is 0. The van der Waals surface area contributed by atoms with Crippen LogP contribution in [-0.2, 0) is 6.42 Å². The monoisotopic (exact) mass is 229 g/mol. The first-order valence-electron chi connectivity index (χ1n) is 5.81. The summed E-state index contributed by atoms with van der Waals surface area (Å²) in [6.45, 7) is 2.82. The molecular formula is C13H15N3O. The minimum atomic E-state index is -0.0321. The SMILES string of the molecule is CNC(=O)N1CCc2c1ccc1[nH]c(C)cc21. The van der Waals surface area contributed by atoms with Crippen molar-refractivity contribution in [2.75, 3.05) is 18.5 Å². The predicted octanol–water partition coefficient (Wildman–Crippen LogP) is 2.18. The van der Waals surface area contributed by atoms with Crippen molar-refractivity contribution in [1.29, 1.82) is 0 Å². The van der Waals surface area contributed by atoms with Crippen molar-refractivity contribution in [2.45, 2.75) is 13.3 Å². The first-order valence-corrected chi connectivity index (χ1v) is 5.81. The Labute approximate surface area is 99.6 Å². The van der Waals surface area contributed by atoms with Gasteiger partial charge < -0.3 is 10.3 Å². The van der Waals surface area contributed by atoms with E-state index in [0.29, 0.717) is 0 Å². The van der Waals surface area contributed by atoms with E-state index < -0.39 is 0 Å². The number of carbonyl (C=O) groups is 1. The van der Waals surface area contributed by atoms with Gasteiger partial charge in [-0.2, -0.15) is 0 Å². The van der Waals surface area contributed by atoms with E-state index in [4.69, 9.17) is 0 Å². The molecule has 0 unspecified atom stereocenters. The van der Waals surface area contributed by atoms with Crippen LogP contribution in [0.5, 0.6) is 0 Å². The molecule has 4 heteroatoms. The van der Waals surface area contributed by atoms with Gasteiger partial charge in [-0.05, 0) is 37.1 Å². The topological polar surface area (TPSA) is 48.1 Å². The molecule has 4 nitrogen and oxygen atoms in total. The number of H-pyrrole nitrogens is 1. The molecule has 88 valence electrons. The minimum absolute atomic E-state index is 0.0321. The summed E-state index contributed by atoms with van der Waals surface area (Å²) in [5.41, 5.74) is 4.62. The number of rotatable bonds is 0. The van der Waals surface area contributed by atoms with Crippen LogP contribution < -0.4 is 10.2 Å². The number of nitrogens with one attached hydrogen (secondary N) is 2. The molecule has 1 aromatic heterocycles. The van der Waals surface area contributed by atoms with E-state index >= 15 is 0 Å². The smallest absolute Gasteiger partial charge is 0.321 e. The zero-order valence-corrected chi connectivity index (χ0v) is 10.0. The maximum atomic E-state index is 11.7. The van der Waals surface area contributed by atoms with Crippen molar-refractivity contribution in [3.05, 3.63) is 29.5 Å². The zero-order valence-electron chi connectivity index (χ0n) is 10.0. The fraction of sp³-hybridized carbons (Fsp3) is 0.308. The highest BCUT2D eigenvalue weighted by atomic mass is 16.2. The predicted molar refractivity (Wildman–Crippen MR) is 68.5 cm³/mol. The van der Waals surface area contributed by atoms with E-state index in [9.17, 15) is 4.79 Å². The fourth-order valence-corrected chi connectivity index (χ4v) is 2.60. The van der Waals surface area contributed by atoms with Crippen LogP contribution in [0, 0.1) is 6.92 Å². The molecule has 0 atom stereocenters. The van der Waals surface area contributed by atoms with Gasteiger partial charge in [0.05, 0.1) is 0 Å². The summed E-state index contributed by atoms with van der Waals surface area (Å²) in [5, 5.41) is 3.92. The summed E-state index contributed by atoms with van der Waals surface area (Å²) < 4.78 is 0. The number of hydrogen-bond acceptors (Lipinski definition) is 1. The van der Waals surface area contributed by atoms with Crippen LogP contribution in [0.1, 0.15) is 11.3 Å². The molecule has 2 amide bonds. The quantitative estimate of drug-likeness (QED) is 0.714. The lowest BCUT2D eigenvalue weighted by molar-refractivity contribution is 0.248. The summed E-state index contributed by atoms with van der Waals surface area (Å²) in [6, 6.07) is 6.19. The van der Waals surface area contributed by atoms with E-state index in [1.165, 1.54) is 10.9 Å². The van der Waals surface area contributed by atoms with Crippen LogP contribution in [0.2, 0.25) is 0 Å². The van der Waals surface area contributed by atoms with Crippen LogP contribution in [0.3, 0.4) is 0 Å². The van der Waals surface area contributed by atoms with E-state index in [1.54, 1.807) is 11.9 Å². The molecule has 17 heavy (non-hydrogen) atoms. The Morgan fingerprint density at radius 3 is 3.06 bits per heavy atom. The molecule has 2 N–H and O–H groups in total. The Morgan fingerprint density at radius 2 is 2.29 bits per heavy atom. The second-order valence-electron chi connectivity index (χ2n) is 4.43. The van der Waals surface area contributed by atoms with Gasteiger partial charge in [-0.15, -0.1) is 0 Å². The number of anilines is 1. The lowest BCUT2D eigenvalue weighted by atomic mass is 10.1. The second kappa shape index (κ2) is 3.52. The molecular weight excluding hydrogens is 214 g/mol. The third kappa shape index (κ3) is 1.40. The molecule has 0 saturated carbocycles. The molecule has 3 rings (SSSR count). The summed E-state index contributed by atoms with van der Waals surface area (Å²) in [4.78, 5) is 16.9. The van der Waals surface area contributed by atoms with Gasteiger partial charge in [-0.3, -0.25) is 4.90 Å². The van der Waals surface area contributed by atoms with Gasteiger partial charge in [0, 0.05) is 35.9 Å². The average molecular weight is 229 g/mol. The summed E-state index contributed by atoms with van der Waals surface area (Å²) in [7, 11) is 1.67. The van der Waals surface area contributed by atoms with E-state index in [-0.39, 0.29) is 6.03 Å². The van der Waals surface area contributed by atoms with Crippen molar-refractivity contribution in [2.24, 2.45) is 0 Å². The number of carbonyl (C=O) groups excluding carboxylic acids is 1. The van der Waals surface area contributed by atoms with Gasteiger partial charge in [-0.25, -0.2) is 4.79 Å². The van der Waals surface area contributed by atoms with Crippen LogP contribution in [-0.4, -0.2) is 24.6 Å². The number of nitrogens with zero attached hydrogens (tertiary/aromatic N) is 1. The summed E-state index contributed by atoms with van der Waals surface area (Å²) >= 11 is 0. The van der Waals surface area contributed by atoms with Gasteiger partial charge in [0.25, 0.3) is 0 Å². The molecule has 0 saturated heterocycles. The van der Waals surface area contributed by atoms with Crippen LogP contribution in [0.25, 0.3) is 10.9 Å². The lowest BCUT2D eigenvalue weighted by Gasteiger charge is -2.16. The minimum Gasteiger partial charge on any atom is -0.359 e. The Hall–Kier alpha value is -1.97. The average Bonchev–Trinajstić information content (AvgIpc) is 2.89. The Bertz CT molecular complexity index is 600. The zero-order chi connectivity index (χ0) is 12.0. The highest BCUT2D eigenvalue weighted by molar-refractivity contribution is 5.99. The maximum absolute atomic E-state index is 11.7. The largest absolute Gasteiger partial charge is 0.359 e. The van der Waals surface area contributed by atoms with E-state index in [2.05, 4.69) is 23.3 Å². The van der Waals surface area contributed by atoms with Gasteiger partial charge in [0.2, 0.25) is 0 Å². The molecule has 0 spiro atoms. The normalized spacial score (nSPS) is 14.1. The number of fused-ring (bicyclic) bond motifs is 3. The maximum Gasteiger partial charge on any atom is 0.321 e. The summed E-state index contributed by atoms with van der Waals surface area (Å²) in [6.07, 6.45) is 0.928. The first-order chi connectivity index (χ1) is 8.20. The van der Waals surface area contributed by atoms with E-state index in [1.807, 2.05) is 12.1 Å². The Morgan fingerprint density at radius 1 is 1.47 bits per heavy atom. The van der Waals surface area contributed by atoms with Crippen molar-refractivity contribution in [1.82, 2.24) is 10.3 Å². The van der Waals surface area contributed by atoms with Gasteiger partial charge >= 0.3 is 6.03 Å². The Balaban J connectivity index is 2.17. The van der Waals surface area contributed by atoms with Crippen molar-refractivity contribution in [3.63, 3.8) is 0 Å². The highest BCUT2D eigenvalue weighted by Crippen LogP contribution is 2.34. The molecule has 0 radical (unpaired) electrons. The number of aromatic amines is 1. The van der Waals surface area contributed by atoms with Crippen molar-refractivity contribution < 1.29 is 4.79 Å². The first kappa shape index (κ1) is 10.2. The molecule has 1 aromatic carbocycles. The lowest BCUT2D eigenvalue weighted by Crippen LogP contribution is -2.36. The van der Waals surface area contributed by atoms with Crippen LogP contribution in [0.4, 0.5) is 10.5 Å². The molecule has 1 aliphatic rings. The molecule has 1 aliphatic heterocycles. The van der Waals surface area contributed by atoms with Crippen molar-refractivity contribution in [3.8, 4) is 0 Å². The number of urea groups is 1. The third-order valence-corrected chi connectivity index (χ3v) is 3.36. The second-order valence-corrected chi connectivity index (χ2v) is 4.43. The molecule has 0 aliphatic carbocycles. The Kier molecular flexibility index (Phi) is 2.11. The number of benzene rings is 1. The van der Waals surface area contributed by atoms with Crippen LogP contribution >= 0.6 is 0 Å². The van der Waals surface area contributed by atoms with Gasteiger partial charge in [-0.1, -0.05) is 0 Å². The fourth-order valence-electron chi connectivity index (χ4n) is 2.60. The number of amides is 2. The highest BCUT2D eigenvalue weighted by Gasteiger charge is 2.25. The number of hydrogen-bond donors (Lipinski definition) is 2. The van der Waals surface area contributed by atoms with Crippen molar-refractivity contribution >= 4 is 22.6 Å². The van der Waals surface area contributed by atoms with Gasteiger partial charge in [0.1, 0.15) is 0 Å². The molecule has 2 heterocycles. The number of aromatic nitrogens is 1. The molecule has 0 fully saturated rings. The molecule has 0 bridgehead atoms. The number of aryl methyl sites for hydroxylation is 1. The van der Waals surface area contributed by atoms with Gasteiger partial charge in [0.15, 0.2) is 0 Å². The standard InChI is InChI=1S/C13H15N3O/c1-8-7-10-9-5-6-16(13(17)14-2)12(9)4-3-11(10)15-8/h3-4,7,15H,5-6H2,1-2H3,(H,14,17). The molecule has 2 aromatic rings. The van der Waals surface area contributed by atoms with Crippen LogP contribution in [0.15, 0.2) is 18.2 Å². The van der Waals surface area contributed by atoms with E-state index in [0.717, 1.165) is 29.9 Å².